The molecule has 3 N–H and O–H groups in total. The number of carbonyl (C=O) groups is 2. The summed E-state index contributed by atoms with van der Waals surface area (Å²) in [6.45, 7) is 13.3. The normalized spacial score (nSPS) is 16.5. The lowest BCUT2D eigenvalue weighted by molar-refractivity contribution is -0.117. The van der Waals surface area contributed by atoms with E-state index in [1.54, 1.807) is 13.8 Å². The molecule has 2 aromatic rings. The van der Waals surface area contributed by atoms with Gasteiger partial charge in [0.2, 0.25) is 11.1 Å². The van der Waals surface area contributed by atoms with Crippen LogP contribution in [-0.4, -0.2) is 77.2 Å². The summed E-state index contributed by atoms with van der Waals surface area (Å²) in [5.41, 5.74) is 10.6. The standard InChI is InChI=1S/C15H20N2O3S.C11H16N2O2S.C4H5ClO.CH4/c1-12(2)15(18)16-11-13-3-5-14(6-4-13)17-7-9-21(19,20)10-8-17;12-9-10-1-3-11(4-2-10)13-5-7-16(14,15)8-6-13;1-3(2)4(5)6;/h3-6H,1,7-11H2,2H3,(H,16,18);1-4H,5-9,12H2;1H2,2H3;1H4. The van der Waals surface area contributed by atoms with E-state index in [2.05, 4.69) is 28.3 Å². The lowest BCUT2D eigenvalue weighted by Gasteiger charge is -2.28. The van der Waals surface area contributed by atoms with Crippen molar-refractivity contribution in [1.29, 1.82) is 0 Å². The average Bonchev–Trinajstić information content (AvgIpc) is 2.97. The summed E-state index contributed by atoms with van der Waals surface area (Å²) in [5.74, 6) is 0.782. The van der Waals surface area contributed by atoms with Gasteiger partial charge in [-0.15, -0.1) is 0 Å². The van der Waals surface area contributed by atoms with Gasteiger partial charge < -0.3 is 20.9 Å². The van der Waals surface area contributed by atoms with E-state index in [1.807, 2.05) is 48.5 Å². The quantitative estimate of drug-likeness (QED) is 0.334. The van der Waals surface area contributed by atoms with Crippen LogP contribution in [0.25, 0.3) is 0 Å². The zero-order chi connectivity index (χ0) is 32.2. The number of allylic oxidation sites excluding steroid dienone is 1. The molecule has 1 amide bonds. The van der Waals surface area contributed by atoms with Crippen molar-refractivity contribution in [1.82, 2.24) is 5.32 Å². The first-order valence-electron chi connectivity index (χ1n) is 13.7. The first-order valence-corrected chi connectivity index (χ1v) is 17.7. The maximum absolute atomic E-state index is 11.4. The van der Waals surface area contributed by atoms with E-state index >= 15 is 0 Å². The molecule has 0 aliphatic carbocycles. The zero-order valence-corrected chi connectivity index (χ0v) is 27.1. The smallest absolute Gasteiger partial charge is 0.247 e. The lowest BCUT2D eigenvalue weighted by atomic mass is 10.2. The Kier molecular flexibility index (Phi) is 15.8. The number of nitrogens with zero attached hydrogens (tertiary/aromatic N) is 2. The minimum atomic E-state index is -2.86. The minimum absolute atomic E-state index is 0. The molecule has 0 saturated carbocycles. The fourth-order valence-electron chi connectivity index (χ4n) is 3.94. The van der Waals surface area contributed by atoms with Gasteiger partial charge in [0, 0.05) is 61.8 Å². The Balaban J connectivity index is 0.000000373. The highest BCUT2D eigenvalue weighted by molar-refractivity contribution is 7.91. The fraction of sp³-hybridized carbons (Fsp3) is 0.419. The van der Waals surface area contributed by atoms with Gasteiger partial charge in [0.05, 0.1) is 23.0 Å². The number of halogens is 1. The molecule has 0 aromatic heterocycles. The molecule has 2 saturated heterocycles. The average molecular weight is 669 g/mol. The Hall–Kier alpha value is -3.19. The SMILES string of the molecule is C.C=C(C)C(=O)Cl.C=C(C)C(=O)NCc1ccc(N2CCS(=O)(=O)CC2)cc1.NCc1ccc(N2CCS(=O)(=O)CC2)cc1. The van der Waals surface area contributed by atoms with Gasteiger partial charge in [0.15, 0.2) is 19.7 Å². The first kappa shape index (κ1) is 38.8. The van der Waals surface area contributed by atoms with Gasteiger partial charge in [-0.3, -0.25) is 9.59 Å². The van der Waals surface area contributed by atoms with Gasteiger partial charge >= 0.3 is 0 Å². The number of benzene rings is 2. The van der Waals surface area contributed by atoms with Crippen LogP contribution in [0.5, 0.6) is 0 Å². The number of rotatable bonds is 7. The molecular formula is C31H45ClN4O6S2. The van der Waals surface area contributed by atoms with Crippen molar-refractivity contribution in [3.8, 4) is 0 Å². The second-order valence-corrected chi connectivity index (χ2v) is 15.3. The van der Waals surface area contributed by atoms with Gasteiger partial charge in [-0.25, -0.2) is 16.8 Å². The molecule has 0 bridgehead atoms. The maximum Gasteiger partial charge on any atom is 0.247 e. The molecule has 2 aliphatic rings. The van der Waals surface area contributed by atoms with E-state index in [-0.39, 0.29) is 36.3 Å². The summed E-state index contributed by atoms with van der Waals surface area (Å²) in [7, 11) is -5.65. The van der Waals surface area contributed by atoms with Crippen molar-refractivity contribution >= 4 is 53.8 Å². The number of hydrogen-bond acceptors (Lipinski definition) is 9. The van der Waals surface area contributed by atoms with Gasteiger partial charge in [-0.1, -0.05) is 44.8 Å². The summed E-state index contributed by atoms with van der Waals surface area (Å²) < 4.78 is 45.4. The van der Waals surface area contributed by atoms with Crippen molar-refractivity contribution in [2.24, 2.45) is 5.73 Å². The third kappa shape index (κ3) is 13.6. The summed E-state index contributed by atoms with van der Waals surface area (Å²) >= 11 is 4.87. The topological polar surface area (TPSA) is 147 Å². The Morgan fingerprint density at radius 3 is 1.39 bits per heavy atom. The molecule has 0 atom stereocenters. The second kappa shape index (κ2) is 17.9. The van der Waals surface area contributed by atoms with E-state index in [4.69, 9.17) is 17.3 Å². The molecule has 244 valence electrons. The predicted octanol–water partition coefficient (Wildman–Crippen LogP) is 3.46. The third-order valence-corrected chi connectivity index (χ3v) is 10.2. The number of nitrogens with one attached hydrogen (secondary N) is 1. The van der Waals surface area contributed by atoms with Crippen LogP contribution in [0.3, 0.4) is 0 Å². The maximum atomic E-state index is 11.4. The Bertz CT molecular complexity index is 1450. The van der Waals surface area contributed by atoms with Gasteiger partial charge in [-0.05, 0) is 60.8 Å². The van der Waals surface area contributed by atoms with E-state index in [9.17, 15) is 26.4 Å². The fourth-order valence-corrected chi connectivity index (χ4v) is 6.34. The molecule has 4 rings (SSSR count). The van der Waals surface area contributed by atoms with Crippen LogP contribution in [0.4, 0.5) is 11.4 Å². The predicted molar refractivity (Wildman–Crippen MR) is 182 cm³/mol. The summed E-state index contributed by atoms with van der Waals surface area (Å²) in [5, 5.41) is 2.31. The molecule has 10 nitrogen and oxygen atoms in total. The van der Waals surface area contributed by atoms with Gasteiger partial charge in [0.25, 0.3) is 0 Å². The Morgan fingerprint density at radius 1 is 0.750 bits per heavy atom. The third-order valence-electron chi connectivity index (χ3n) is 6.70. The highest BCUT2D eigenvalue weighted by Gasteiger charge is 2.22. The van der Waals surface area contributed by atoms with E-state index in [1.165, 1.54) is 0 Å². The monoisotopic (exact) mass is 668 g/mol. The molecule has 0 spiro atoms. The molecule has 0 unspecified atom stereocenters. The first-order chi connectivity index (χ1) is 20.1. The van der Waals surface area contributed by atoms with Crippen LogP contribution < -0.4 is 20.9 Å². The van der Waals surface area contributed by atoms with Gasteiger partial charge in [-0.2, -0.15) is 0 Å². The number of nitrogens with two attached hydrogens (primary N) is 1. The molecule has 2 fully saturated rings. The number of hydrogen-bond donors (Lipinski definition) is 2. The van der Waals surface area contributed by atoms with Crippen molar-refractivity contribution in [3.63, 3.8) is 0 Å². The lowest BCUT2D eigenvalue weighted by Crippen LogP contribution is -2.40. The molecule has 13 heteroatoms. The number of carbonyl (C=O) groups excluding carboxylic acids is 2. The highest BCUT2D eigenvalue weighted by Crippen LogP contribution is 2.19. The van der Waals surface area contributed by atoms with Crippen LogP contribution in [-0.2, 0) is 42.4 Å². The van der Waals surface area contributed by atoms with Gasteiger partial charge in [0.1, 0.15) is 0 Å². The number of amides is 1. The van der Waals surface area contributed by atoms with Crippen LogP contribution in [0, 0.1) is 0 Å². The Labute approximate surface area is 267 Å². The molecule has 44 heavy (non-hydrogen) atoms. The van der Waals surface area contributed by atoms with Crippen LogP contribution in [0.15, 0.2) is 72.8 Å². The van der Waals surface area contributed by atoms with Crippen LogP contribution in [0.1, 0.15) is 32.4 Å². The molecule has 2 aromatic carbocycles. The zero-order valence-electron chi connectivity index (χ0n) is 24.7. The molecule has 2 heterocycles. The molecular weight excluding hydrogens is 624 g/mol. The summed E-state index contributed by atoms with van der Waals surface area (Å²) in [6, 6.07) is 15.8. The van der Waals surface area contributed by atoms with E-state index in [0.29, 0.717) is 50.4 Å². The second-order valence-electron chi connectivity index (χ2n) is 10.3. The van der Waals surface area contributed by atoms with Crippen molar-refractivity contribution < 1.29 is 26.4 Å². The van der Waals surface area contributed by atoms with Crippen LogP contribution >= 0.6 is 11.6 Å². The van der Waals surface area contributed by atoms with Crippen molar-refractivity contribution in [3.05, 3.63) is 84.0 Å². The summed E-state index contributed by atoms with van der Waals surface area (Å²) in [6.07, 6.45) is 0. The number of sulfone groups is 2. The van der Waals surface area contributed by atoms with E-state index < -0.39 is 24.9 Å². The van der Waals surface area contributed by atoms with Crippen LogP contribution in [0.2, 0.25) is 0 Å². The molecule has 0 radical (unpaired) electrons. The Morgan fingerprint density at radius 2 is 1.09 bits per heavy atom. The molecule has 2 aliphatic heterocycles. The van der Waals surface area contributed by atoms with Crippen molar-refractivity contribution in [2.75, 3.05) is 59.0 Å². The summed E-state index contributed by atoms with van der Waals surface area (Å²) in [4.78, 5) is 25.4. The van der Waals surface area contributed by atoms with Crippen molar-refractivity contribution in [2.45, 2.75) is 34.4 Å². The minimum Gasteiger partial charge on any atom is -0.369 e. The highest BCUT2D eigenvalue weighted by atomic mass is 35.5. The number of anilines is 2. The van der Waals surface area contributed by atoms with E-state index in [0.717, 1.165) is 22.5 Å². The largest absolute Gasteiger partial charge is 0.369 e.